The third kappa shape index (κ3) is 11.5. The van der Waals surface area contributed by atoms with Crippen molar-refractivity contribution in [2.45, 2.75) is 59.9 Å². The van der Waals surface area contributed by atoms with Crippen molar-refractivity contribution in [3.05, 3.63) is 12.7 Å². The molecule has 0 saturated carbocycles. The molecule has 1 unspecified atom stereocenters. The van der Waals surface area contributed by atoms with E-state index in [1.165, 1.54) is 0 Å². The normalized spacial score (nSPS) is 23.5. The van der Waals surface area contributed by atoms with Crippen molar-refractivity contribution in [1.82, 2.24) is 0 Å². The summed E-state index contributed by atoms with van der Waals surface area (Å²) in [6, 6.07) is 0. The van der Waals surface area contributed by atoms with Crippen molar-refractivity contribution in [2.75, 3.05) is 6.61 Å². The van der Waals surface area contributed by atoms with Crippen LogP contribution in [0.2, 0.25) is 0 Å². The van der Waals surface area contributed by atoms with Crippen LogP contribution in [0.1, 0.15) is 48.0 Å². The average Bonchev–Trinajstić information content (AvgIpc) is 2.30. The first-order chi connectivity index (χ1) is 7.02. The van der Waals surface area contributed by atoms with Gasteiger partial charge in [-0.15, -0.1) is 6.58 Å². The fourth-order valence-corrected chi connectivity index (χ4v) is 0.961. The Hall–Kier alpha value is -0.380. The summed E-state index contributed by atoms with van der Waals surface area (Å²) in [6.07, 6.45) is 2.86. The van der Waals surface area contributed by atoms with E-state index >= 15 is 0 Å². The summed E-state index contributed by atoms with van der Waals surface area (Å²) in [5.74, 6) is -0.587. The van der Waals surface area contributed by atoms with E-state index in [0.717, 1.165) is 6.42 Å². The van der Waals surface area contributed by atoms with Crippen molar-refractivity contribution >= 4 is 0 Å². The predicted octanol–water partition coefficient (Wildman–Crippen LogP) is 3.70. The first kappa shape index (κ1) is 17.0. The van der Waals surface area contributed by atoms with Gasteiger partial charge in [0.1, 0.15) is 0 Å². The van der Waals surface area contributed by atoms with E-state index in [9.17, 15) is 0 Å². The second-order valence-corrected chi connectivity index (χ2v) is 3.43. The molecule has 0 N–H and O–H groups in total. The predicted molar refractivity (Wildman–Crippen MR) is 63.5 cm³/mol. The topological polar surface area (TPSA) is 27.7 Å². The highest BCUT2D eigenvalue weighted by Gasteiger charge is 2.26. The van der Waals surface area contributed by atoms with Crippen LogP contribution in [0.25, 0.3) is 0 Å². The quantitative estimate of drug-likeness (QED) is 0.458. The van der Waals surface area contributed by atoms with E-state index < -0.39 is 5.79 Å². The minimum atomic E-state index is -0.587. The van der Waals surface area contributed by atoms with Gasteiger partial charge in [0.2, 0.25) is 0 Å². The zero-order valence-corrected chi connectivity index (χ0v) is 11.0. The summed E-state index contributed by atoms with van der Waals surface area (Å²) in [5, 5.41) is 0. The van der Waals surface area contributed by atoms with Gasteiger partial charge in [-0.1, -0.05) is 19.9 Å². The number of rotatable bonds is 0. The third-order valence-corrected chi connectivity index (χ3v) is 1.35. The van der Waals surface area contributed by atoms with Gasteiger partial charge in [-0.05, 0) is 34.1 Å². The Morgan fingerprint density at radius 2 is 1.80 bits per heavy atom. The Bertz CT molecular complexity index is 144. The summed E-state index contributed by atoms with van der Waals surface area (Å²) >= 11 is 0. The summed E-state index contributed by atoms with van der Waals surface area (Å²) in [5.41, 5.74) is 0. The second kappa shape index (κ2) is 10.1. The largest absolute Gasteiger partial charge is 0.345 e. The molecule has 1 atom stereocenters. The third-order valence-electron chi connectivity index (χ3n) is 1.35. The Balaban J connectivity index is 0. The smallest absolute Gasteiger partial charge is 0.196 e. The fourth-order valence-electron chi connectivity index (χ4n) is 0.961. The molecule has 1 saturated heterocycles. The van der Waals surface area contributed by atoms with Crippen LogP contribution in [0.5, 0.6) is 0 Å². The van der Waals surface area contributed by atoms with Crippen molar-refractivity contribution in [1.29, 1.82) is 0 Å². The Kier molecular flexibility index (Phi) is 11.5. The zero-order valence-electron chi connectivity index (χ0n) is 11.0. The monoisotopic (exact) mass is 218 g/mol. The van der Waals surface area contributed by atoms with E-state index in [2.05, 4.69) is 6.58 Å². The van der Waals surface area contributed by atoms with Crippen molar-refractivity contribution in [2.24, 2.45) is 0 Å². The highest BCUT2D eigenvalue weighted by atomic mass is 17.2. The molecule has 0 aromatic carbocycles. The van der Waals surface area contributed by atoms with Gasteiger partial charge in [0.05, 0.1) is 12.7 Å². The Morgan fingerprint density at radius 3 is 2.27 bits per heavy atom. The van der Waals surface area contributed by atoms with Crippen LogP contribution in [-0.4, -0.2) is 18.5 Å². The van der Waals surface area contributed by atoms with Gasteiger partial charge in [-0.2, -0.15) is 0 Å². The van der Waals surface area contributed by atoms with Gasteiger partial charge in [-0.3, -0.25) is 0 Å². The van der Waals surface area contributed by atoms with Gasteiger partial charge in [0, 0.05) is 0 Å². The van der Waals surface area contributed by atoms with Crippen molar-refractivity contribution in [3.8, 4) is 0 Å². The summed E-state index contributed by atoms with van der Waals surface area (Å²) in [4.78, 5) is 9.79. The molecule has 92 valence electrons. The molecule has 0 bridgehead atoms. The van der Waals surface area contributed by atoms with Crippen molar-refractivity contribution in [3.63, 3.8) is 0 Å². The van der Waals surface area contributed by atoms with Crippen LogP contribution in [0.3, 0.4) is 0 Å². The van der Waals surface area contributed by atoms with E-state index in [0.29, 0.717) is 6.61 Å². The van der Waals surface area contributed by atoms with Crippen LogP contribution >= 0.6 is 0 Å². The number of allylic oxidation sites excluding steroid dienone is 1. The molecule has 15 heavy (non-hydrogen) atoms. The molecule has 0 aromatic heterocycles. The average molecular weight is 218 g/mol. The maximum atomic E-state index is 5.45. The van der Waals surface area contributed by atoms with Crippen LogP contribution < -0.4 is 0 Å². The lowest BCUT2D eigenvalue weighted by molar-refractivity contribution is -0.405. The maximum Gasteiger partial charge on any atom is 0.196 e. The second-order valence-electron chi connectivity index (χ2n) is 3.43. The first-order valence-corrected chi connectivity index (χ1v) is 5.57. The van der Waals surface area contributed by atoms with Crippen LogP contribution in [0, 0.1) is 0 Å². The molecule has 1 aliphatic rings. The van der Waals surface area contributed by atoms with Gasteiger partial charge in [0.25, 0.3) is 0 Å². The molecule has 0 aliphatic carbocycles. The Labute approximate surface area is 94.3 Å². The van der Waals surface area contributed by atoms with Gasteiger partial charge in [-0.25, -0.2) is 9.78 Å². The lowest BCUT2D eigenvalue weighted by Gasteiger charge is -2.23. The maximum absolute atomic E-state index is 5.45. The van der Waals surface area contributed by atoms with Crippen LogP contribution in [0.4, 0.5) is 0 Å². The summed E-state index contributed by atoms with van der Waals surface area (Å²) < 4.78 is 5.45. The van der Waals surface area contributed by atoms with Gasteiger partial charge in [0.15, 0.2) is 5.79 Å². The minimum Gasteiger partial charge on any atom is -0.345 e. The molecule has 1 heterocycles. The molecule has 0 spiro atoms. The first-order valence-electron chi connectivity index (χ1n) is 5.57. The molecule has 0 radical (unpaired) electrons. The van der Waals surface area contributed by atoms with Crippen LogP contribution in [0.15, 0.2) is 12.7 Å². The molecular formula is C12H26O3. The number of hydrogen-bond donors (Lipinski definition) is 0. The number of ether oxygens (including phenoxy) is 1. The molecule has 3 nitrogen and oxygen atoms in total. The zero-order chi connectivity index (χ0) is 12.3. The molecular weight excluding hydrogens is 192 g/mol. The van der Waals surface area contributed by atoms with Gasteiger partial charge >= 0.3 is 0 Å². The summed E-state index contributed by atoms with van der Waals surface area (Å²) in [6.45, 7) is 15.6. The molecule has 1 rings (SSSR count). The SMILES string of the molecule is C=CC.CC.CC1CCOOC(C)(C)O1. The molecule has 0 aromatic rings. The lowest BCUT2D eigenvalue weighted by atomic mass is 10.3. The highest BCUT2D eigenvalue weighted by molar-refractivity contribution is 4.59. The van der Waals surface area contributed by atoms with Gasteiger partial charge < -0.3 is 4.74 Å². The minimum absolute atomic E-state index is 0.220. The molecule has 1 aliphatic heterocycles. The fraction of sp³-hybridized carbons (Fsp3) is 0.833. The van der Waals surface area contributed by atoms with Crippen molar-refractivity contribution < 1.29 is 14.5 Å². The lowest BCUT2D eigenvalue weighted by Crippen LogP contribution is -2.29. The van der Waals surface area contributed by atoms with Crippen LogP contribution in [-0.2, 0) is 14.5 Å². The van der Waals surface area contributed by atoms with E-state index in [-0.39, 0.29) is 6.10 Å². The van der Waals surface area contributed by atoms with E-state index in [1.54, 1.807) is 6.08 Å². The number of hydrogen-bond acceptors (Lipinski definition) is 3. The van der Waals surface area contributed by atoms with E-state index in [1.807, 2.05) is 41.5 Å². The molecule has 3 heteroatoms. The Morgan fingerprint density at radius 1 is 1.33 bits per heavy atom. The standard InChI is InChI=1S/C7H14O3.C3H6.C2H6/c1-6-4-5-8-10-7(2,3)9-6;1-3-2;1-2/h6H,4-5H2,1-3H3;3H,1H2,2H3;1-2H3. The summed E-state index contributed by atoms with van der Waals surface area (Å²) in [7, 11) is 0. The van der Waals surface area contributed by atoms with E-state index in [4.69, 9.17) is 14.5 Å². The highest BCUT2D eigenvalue weighted by Crippen LogP contribution is 2.19. The molecule has 0 amide bonds. The molecule has 1 fully saturated rings.